The molecule has 4 rings (SSSR count). The first-order valence-electron chi connectivity index (χ1n) is 10.5. The Morgan fingerprint density at radius 2 is 1.94 bits per heavy atom. The van der Waals surface area contributed by atoms with Crippen molar-refractivity contribution in [2.75, 3.05) is 19.5 Å². The molecule has 9 nitrogen and oxygen atoms in total. The highest BCUT2D eigenvalue weighted by Gasteiger charge is 2.19. The van der Waals surface area contributed by atoms with Gasteiger partial charge in [0.1, 0.15) is 24.5 Å². The van der Waals surface area contributed by atoms with Gasteiger partial charge in [-0.1, -0.05) is 19.6 Å². The fraction of sp³-hybridized carbons (Fsp3) is 0.364. The highest BCUT2D eigenvalue weighted by Crippen LogP contribution is 2.36. The van der Waals surface area contributed by atoms with E-state index in [-0.39, 0.29) is 0 Å². The average molecular weight is 452 g/mol. The number of pyridine rings is 1. The van der Waals surface area contributed by atoms with Gasteiger partial charge in [0.05, 0.1) is 25.2 Å². The summed E-state index contributed by atoms with van der Waals surface area (Å²) in [6, 6.07) is 4.96. The number of rotatable bonds is 9. The third kappa shape index (κ3) is 4.81. The predicted octanol–water partition coefficient (Wildman–Crippen LogP) is 3.64. The topological polar surface area (TPSA) is 106 Å². The second-order valence-electron chi connectivity index (χ2n) is 8.92. The molecule has 0 atom stereocenters. The maximum absolute atomic E-state index is 6.24. The molecule has 0 aliphatic rings. The third-order valence-electron chi connectivity index (χ3n) is 5.20. The Hall–Kier alpha value is -3.24. The summed E-state index contributed by atoms with van der Waals surface area (Å²) in [5.41, 5.74) is 9.75. The summed E-state index contributed by atoms with van der Waals surface area (Å²) in [6.07, 6.45) is 9.03. The smallest absolute Gasteiger partial charge is 0.221 e. The number of nitrogens with two attached hydrogens (primary N) is 1. The second kappa shape index (κ2) is 9.09. The number of nitrogens with zero attached hydrogens (tertiary/aromatic N) is 6. The van der Waals surface area contributed by atoms with Crippen LogP contribution in [0.1, 0.15) is 5.56 Å². The number of ether oxygens (including phenoxy) is 2. The fourth-order valence-electron chi connectivity index (χ4n) is 3.52. The molecule has 4 aromatic rings. The monoisotopic (exact) mass is 451 g/mol. The van der Waals surface area contributed by atoms with Gasteiger partial charge in [0, 0.05) is 50.0 Å². The first kappa shape index (κ1) is 22.0. The summed E-state index contributed by atoms with van der Waals surface area (Å²) in [4.78, 5) is 13.0. The van der Waals surface area contributed by atoms with E-state index in [1.807, 2.05) is 40.0 Å². The van der Waals surface area contributed by atoms with Crippen molar-refractivity contribution in [3.8, 4) is 17.0 Å². The molecule has 0 amide bonds. The van der Waals surface area contributed by atoms with Crippen molar-refractivity contribution in [3.05, 3.63) is 48.8 Å². The SMILES string of the molecule is COc1ncccc1-c1cn(Cc2cnn(COCC[Si](C)(C)C)c2)c2ncnc(N)c12. The Morgan fingerprint density at radius 1 is 1.09 bits per heavy atom. The van der Waals surface area contributed by atoms with E-state index in [1.54, 1.807) is 13.3 Å². The highest BCUT2D eigenvalue weighted by molar-refractivity contribution is 6.76. The minimum absolute atomic E-state index is 0.418. The van der Waals surface area contributed by atoms with Crippen LogP contribution in [0.4, 0.5) is 5.82 Å². The van der Waals surface area contributed by atoms with Crippen molar-refractivity contribution in [2.45, 2.75) is 39.0 Å². The Kier molecular flexibility index (Phi) is 6.24. The number of hydrogen-bond acceptors (Lipinski definition) is 7. The molecule has 0 bridgehead atoms. The molecular weight excluding hydrogens is 422 g/mol. The van der Waals surface area contributed by atoms with Crippen molar-refractivity contribution >= 4 is 24.9 Å². The van der Waals surface area contributed by atoms with Crippen LogP contribution in [-0.4, -0.2) is 51.1 Å². The van der Waals surface area contributed by atoms with Crippen LogP contribution in [0.3, 0.4) is 0 Å². The fourth-order valence-corrected chi connectivity index (χ4v) is 4.28. The molecule has 10 heteroatoms. The van der Waals surface area contributed by atoms with Crippen LogP contribution in [0.2, 0.25) is 25.7 Å². The normalized spacial score (nSPS) is 11.9. The Morgan fingerprint density at radius 3 is 2.72 bits per heavy atom. The molecule has 0 aliphatic carbocycles. The van der Waals surface area contributed by atoms with Crippen LogP contribution < -0.4 is 10.5 Å². The number of aromatic nitrogens is 6. The summed E-state index contributed by atoms with van der Waals surface area (Å²) in [5, 5.41) is 5.22. The van der Waals surface area contributed by atoms with E-state index in [4.69, 9.17) is 15.2 Å². The molecule has 0 saturated heterocycles. The van der Waals surface area contributed by atoms with Crippen LogP contribution in [0.15, 0.2) is 43.2 Å². The van der Waals surface area contributed by atoms with Crippen molar-refractivity contribution in [3.63, 3.8) is 0 Å². The molecule has 0 saturated carbocycles. The van der Waals surface area contributed by atoms with E-state index in [0.717, 1.165) is 40.4 Å². The Balaban J connectivity index is 1.59. The number of nitrogen functional groups attached to an aromatic ring is 1. The van der Waals surface area contributed by atoms with Gasteiger partial charge in [0.2, 0.25) is 5.88 Å². The Bertz CT molecular complexity index is 1210. The van der Waals surface area contributed by atoms with Gasteiger partial charge in [-0.2, -0.15) is 5.10 Å². The number of anilines is 1. The van der Waals surface area contributed by atoms with Crippen molar-refractivity contribution in [2.24, 2.45) is 0 Å². The third-order valence-corrected chi connectivity index (χ3v) is 6.90. The molecule has 32 heavy (non-hydrogen) atoms. The van der Waals surface area contributed by atoms with Crippen molar-refractivity contribution < 1.29 is 9.47 Å². The molecule has 0 unspecified atom stereocenters. The maximum atomic E-state index is 6.24. The summed E-state index contributed by atoms with van der Waals surface area (Å²) in [5.74, 6) is 0.944. The number of methoxy groups -OCH3 is 1. The molecule has 2 N–H and O–H groups in total. The standard InChI is InChI=1S/C22H29N7O2Si/c1-30-22-17(6-5-7-24-22)18-13-28(21-19(18)20(23)25-14-26-21)11-16-10-27-29(12-16)15-31-8-9-32(2,3)4/h5-7,10,12-14H,8-9,11,15H2,1-4H3,(H2,23,25,26). The van der Waals surface area contributed by atoms with Crippen LogP contribution in [0, 0.1) is 0 Å². The van der Waals surface area contributed by atoms with Gasteiger partial charge >= 0.3 is 0 Å². The Labute approximate surface area is 188 Å². The average Bonchev–Trinajstić information content (AvgIpc) is 3.36. The van der Waals surface area contributed by atoms with Crippen LogP contribution >= 0.6 is 0 Å². The van der Waals surface area contributed by atoms with Gasteiger partial charge < -0.3 is 19.8 Å². The zero-order valence-electron chi connectivity index (χ0n) is 18.9. The maximum Gasteiger partial charge on any atom is 0.221 e. The molecule has 4 heterocycles. The zero-order valence-corrected chi connectivity index (χ0v) is 19.9. The second-order valence-corrected chi connectivity index (χ2v) is 14.5. The van der Waals surface area contributed by atoms with Gasteiger partial charge in [0.15, 0.2) is 0 Å². The van der Waals surface area contributed by atoms with E-state index in [1.165, 1.54) is 6.33 Å². The van der Waals surface area contributed by atoms with E-state index in [2.05, 4.69) is 39.7 Å². The molecule has 0 aromatic carbocycles. The van der Waals surface area contributed by atoms with Gasteiger partial charge in [-0.3, -0.25) is 0 Å². The molecule has 0 spiro atoms. The largest absolute Gasteiger partial charge is 0.481 e. The van der Waals surface area contributed by atoms with Crippen LogP contribution in [0.25, 0.3) is 22.2 Å². The van der Waals surface area contributed by atoms with Gasteiger partial charge in [-0.05, 0) is 18.2 Å². The minimum atomic E-state index is -1.10. The lowest BCUT2D eigenvalue weighted by molar-refractivity contribution is 0.0785. The molecule has 0 radical (unpaired) electrons. The van der Waals surface area contributed by atoms with Crippen molar-refractivity contribution in [1.29, 1.82) is 0 Å². The summed E-state index contributed by atoms with van der Waals surface area (Å²) in [7, 11) is 0.504. The predicted molar refractivity (Wildman–Crippen MR) is 127 cm³/mol. The van der Waals surface area contributed by atoms with E-state index in [9.17, 15) is 0 Å². The lowest BCUT2D eigenvalue weighted by atomic mass is 10.1. The molecule has 0 fully saturated rings. The van der Waals surface area contributed by atoms with Gasteiger partial charge in [-0.25, -0.2) is 19.6 Å². The van der Waals surface area contributed by atoms with Crippen LogP contribution in [0.5, 0.6) is 5.88 Å². The first-order valence-corrected chi connectivity index (χ1v) is 14.2. The number of hydrogen-bond donors (Lipinski definition) is 1. The van der Waals surface area contributed by atoms with E-state index < -0.39 is 8.07 Å². The highest BCUT2D eigenvalue weighted by atomic mass is 28.3. The van der Waals surface area contributed by atoms with E-state index >= 15 is 0 Å². The van der Waals surface area contributed by atoms with Crippen LogP contribution in [-0.2, 0) is 18.0 Å². The van der Waals surface area contributed by atoms with Gasteiger partial charge in [-0.15, -0.1) is 0 Å². The quantitative estimate of drug-likeness (QED) is 0.306. The van der Waals surface area contributed by atoms with E-state index in [0.29, 0.717) is 25.0 Å². The van der Waals surface area contributed by atoms with Gasteiger partial charge in [0.25, 0.3) is 0 Å². The minimum Gasteiger partial charge on any atom is -0.481 e. The lowest BCUT2D eigenvalue weighted by Crippen LogP contribution is -2.22. The van der Waals surface area contributed by atoms with Crippen molar-refractivity contribution in [1.82, 2.24) is 29.3 Å². The zero-order chi connectivity index (χ0) is 22.7. The lowest BCUT2D eigenvalue weighted by Gasteiger charge is -2.15. The summed E-state index contributed by atoms with van der Waals surface area (Å²) in [6.45, 7) is 8.83. The summed E-state index contributed by atoms with van der Waals surface area (Å²) < 4.78 is 15.1. The molecular formula is C22H29N7O2Si. The molecule has 168 valence electrons. The molecule has 0 aliphatic heterocycles. The first-order chi connectivity index (χ1) is 15.4. The summed E-state index contributed by atoms with van der Waals surface area (Å²) >= 11 is 0. The molecule has 4 aromatic heterocycles. The number of fused-ring (bicyclic) bond motifs is 1.